The average molecular weight is 415 g/mol. The second-order valence-electron chi connectivity index (χ2n) is 6.73. The van der Waals surface area contributed by atoms with Crippen LogP contribution in [0.15, 0.2) is 96.2 Å². The summed E-state index contributed by atoms with van der Waals surface area (Å²) in [4.78, 5) is 14.3. The molecule has 1 amide bonds. The third kappa shape index (κ3) is 4.60. The van der Waals surface area contributed by atoms with Gasteiger partial charge in [-0.15, -0.1) is 22.0 Å². The van der Waals surface area contributed by atoms with Gasteiger partial charge in [-0.2, -0.15) is 0 Å². The zero-order valence-electron chi connectivity index (χ0n) is 16.6. The summed E-state index contributed by atoms with van der Waals surface area (Å²) in [6.45, 7) is 2.83. The fraction of sp³-hybridized carbons (Fsp3) is 0.125. The van der Waals surface area contributed by atoms with Gasteiger partial charge in [0.1, 0.15) is 11.6 Å². The highest BCUT2D eigenvalue weighted by Gasteiger charge is 2.22. The molecule has 0 aliphatic rings. The minimum atomic E-state index is -0.364. The van der Waals surface area contributed by atoms with Gasteiger partial charge in [0.25, 0.3) is 0 Å². The molecule has 4 aromatic rings. The van der Waals surface area contributed by atoms with E-state index in [9.17, 15) is 4.79 Å². The second kappa shape index (κ2) is 9.41. The molecule has 0 saturated heterocycles. The van der Waals surface area contributed by atoms with Crippen LogP contribution in [0.5, 0.6) is 0 Å². The lowest BCUT2D eigenvalue weighted by Gasteiger charge is -2.17. The monoisotopic (exact) mass is 414 g/mol. The molecular formula is C24H22N4OS. The summed E-state index contributed by atoms with van der Waals surface area (Å²) in [6, 6.07) is 27.5. The molecular weight excluding hydrogens is 392 g/mol. The number of amides is 1. The smallest absolute Gasteiger partial charge is 0.242 e. The minimum Gasteiger partial charge on any atom is -0.325 e. The van der Waals surface area contributed by atoms with E-state index >= 15 is 0 Å². The first-order valence-corrected chi connectivity index (χ1v) is 10.7. The Morgan fingerprint density at radius 1 is 1.00 bits per heavy atom. The van der Waals surface area contributed by atoms with E-state index in [0.29, 0.717) is 0 Å². The molecule has 0 saturated carbocycles. The molecule has 1 unspecified atom stereocenters. The Hall–Kier alpha value is -3.38. The molecule has 1 heterocycles. The quantitative estimate of drug-likeness (QED) is 0.409. The van der Waals surface area contributed by atoms with Crippen molar-refractivity contribution < 1.29 is 4.79 Å². The number of hydrogen-bond acceptors (Lipinski definition) is 4. The molecule has 1 N–H and O–H groups in total. The number of hydrogen-bond donors (Lipinski definition) is 1. The maximum absolute atomic E-state index is 13.3. The predicted molar refractivity (Wildman–Crippen MR) is 121 cm³/mol. The van der Waals surface area contributed by atoms with Gasteiger partial charge in [-0.25, -0.2) is 0 Å². The van der Waals surface area contributed by atoms with Crippen LogP contribution >= 0.6 is 11.8 Å². The topological polar surface area (TPSA) is 59.8 Å². The van der Waals surface area contributed by atoms with Gasteiger partial charge in [-0.05, 0) is 36.8 Å². The van der Waals surface area contributed by atoms with Gasteiger partial charge in [0.15, 0.2) is 5.82 Å². The van der Waals surface area contributed by atoms with Crippen LogP contribution in [0.25, 0.3) is 11.4 Å². The molecule has 5 nitrogen and oxygen atoms in total. The lowest BCUT2D eigenvalue weighted by atomic mass is 10.1. The zero-order valence-corrected chi connectivity index (χ0v) is 17.4. The van der Waals surface area contributed by atoms with Crippen molar-refractivity contribution in [3.8, 4) is 11.4 Å². The first kappa shape index (κ1) is 19.9. The van der Waals surface area contributed by atoms with Crippen molar-refractivity contribution in [2.75, 3.05) is 5.32 Å². The molecule has 0 fully saturated rings. The number of rotatable bonds is 7. The van der Waals surface area contributed by atoms with E-state index in [1.807, 2.05) is 96.4 Å². The van der Waals surface area contributed by atoms with Crippen molar-refractivity contribution in [2.45, 2.75) is 23.6 Å². The molecule has 30 heavy (non-hydrogen) atoms. The average Bonchev–Trinajstić information content (AvgIpc) is 3.28. The van der Waals surface area contributed by atoms with Crippen LogP contribution in [-0.2, 0) is 11.3 Å². The van der Waals surface area contributed by atoms with Gasteiger partial charge in [0.05, 0.1) is 0 Å². The standard InChI is InChI=1S/C24H22N4OS/c1-2-28-17-25-27-23(28)19-12-9-13-20(16-19)26-24(29)22(18-10-5-3-6-11-18)30-21-14-7-4-8-15-21/h3-17,22H,2H2,1H3,(H,26,29). The van der Waals surface area contributed by atoms with Gasteiger partial charge >= 0.3 is 0 Å². The Morgan fingerprint density at radius 3 is 2.47 bits per heavy atom. The third-order valence-electron chi connectivity index (χ3n) is 4.68. The number of nitrogens with one attached hydrogen (secondary N) is 1. The molecule has 0 bridgehead atoms. The Kier molecular flexibility index (Phi) is 6.25. The molecule has 150 valence electrons. The number of carbonyl (C=O) groups excluding carboxylic acids is 1. The first-order chi connectivity index (χ1) is 14.7. The number of aromatic nitrogens is 3. The van der Waals surface area contributed by atoms with Gasteiger partial charge in [-0.1, -0.05) is 60.7 Å². The molecule has 0 spiro atoms. The molecule has 0 radical (unpaired) electrons. The third-order valence-corrected chi connectivity index (χ3v) is 5.95. The van der Waals surface area contributed by atoms with Gasteiger partial charge in [-0.3, -0.25) is 4.79 Å². The normalized spacial score (nSPS) is 11.8. The summed E-state index contributed by atoms with van der Waals surface area (Å²) in [5.41, 5.74) is 2.61. The number of nitrogens with zero attached hydrogens (tertiary/aromatic N) is 3. The summed E-state index contributed by atoms with van der Waals surface area (Å²) < 4.78 is 1.97. The van der Waals surface area contributed by atoms with Crippen molar-refractivity contribution in [3.05, 3.63) is 96.8 Å². The van der Waals surface area contributed by atoms with Gasteiger partial charge < -0.3 is 9.88 Å². The fourth-order valence-corrected chi connectivity index (χ4v) is 4.24. The molecule has 0 aliphatic carbocycles. The van der Waals surface area contributed by atoms with Crippen LogP contribution in [0.1, 0.15) is 17.7 Å². The van der Waals surface area contributed by atoms with Crippen molar-refractivity contribution >= 4 is 23.4 Å². The second-order valence-corrected chi connectivity index (χ2v) is 7.91. The van der Waals surface area contributed by atoms with Gasteiger partial charge in [0.2, 0.25) is 5.91 Å². The van der Waals surface area contributed by atoms with Crippen LogP contribution in [0.4, 0.5) is 5.69 Å². The van der Waals surface area contributed by atoms with Crippen molar-refractivity contribution in [3.63, 3.8) is 0 Å². The SMILES string of the molecule is CCn1cnnc1-c1cccc(NC(=O)C(Sc2ccccc2)c2ccccc2)c1. The van der Waals surface area contributed by atoms with Crippen LogP contribution in [0, 0.1) is 0 Å². The Bertz CT molecular complexity index is 1110. The summed E-state index contributed by atoms with van der Waals surface area (Å²) >= 11 is 1.54. The molecule has 0 aliphatic heterocycles. The highest BCUT2D eigenvalue weighted by atomic mass is 32.2. The van der Waals surface area contributed by atoms with Crippen molar-refractivity contribution in [2.24, 2.45) is 0 Å². The first-order valence-electron chi connectivity index (χ1n) is 9.80. The van der Waals surface area contributed by atoms with E-state index < -0.39 is 0 Å². The minimum absolute atomic E-state index is 0.0656. The van der Waals surface area contributed by atoms with Crippen molar-refractivity contribution in [1.29, 1.82) is 0 Å². The molecule has 1 aromatic heterocycles. The lowest BCUT2D eigenvalue weighted by Crippen LogP contribution is -2.19. The van der Waals surface area contributed by atoms with Gasteiger partial charge in [0, 0.05) is 22.7 Å². The highest BCUT2D eigenvalue weighted by Crippen LogP contribution is 2.36. The van der Waals surface area contributed by atoms with Crippen molar-refractivity contribution in [1.82, 2.24) is 14.8 Å². The summed E-state index contributed by atoms with van der Waals surface area (Å²) in [5, 5.41) is 10.9. The fourth-order valence-electron chi connectivity index (χ4n) is 3.19. The number of benzene rings is 3. The number of anilines is 1. The van der Waals surface area contributed by atoms with Crippen LogP contribution in [0.2, 0.25) is 0 Å². The molecule has 4 rings (SSSR count). The summed E-state index contributed by atoms with van der Waals surface area (Å²) in [7, 11) is 0. The number of thioether (sulfide) groups is 1. The van der Waals surface area contributed by atoms with E-state index in [4.69, 9.17) is 0 Å². The number of aryl methyl sites for hydroxylation is 1. The summed E-state index contributed by atoms with van der Waals surface area (Å²) in [6.07, 6.45) is 1.71. The molecule has 6 heteroatoms. The molecule has 3 aromatic carbocycles. The van der Waals surface area contributed by atoms with E-state index in [2.05, 4.69) is 15.5 Å². The Labute approximate surface area is 180 Å². The Balaban J connectivity index is 1.59. The molecule has 1 atom stereocenters. The predicted octanol–water partition coefficient (Wildman–Crippen LogP) is 5.44. The maximum atomic E-state index is 13.3. The largest absolute Gasteiger partial charge is 0.325 e. The summed E-state index contributed by atoms with van der Waals surface area (Å²) in [5.74, 6) is 0.719. The van der Waals surface area contributed by atoms with E-state index in [1.165, 1.54) is 11.8 Å². The highest BCUT2D eigenvalue weighted by molar-refractivity contribution is 8.00. The van der Waals surface area contributed by atoms with E-state index in [-0.39, 0.29) is 11.2 Å². The van der Waals surface area contributed by atoms with Crippen LogP contribution in [-0.4, -0.2) is 20.7 Å². The van der Waals surface area contributed by atoms with Crippen LogP contribution < -0.4 is 5.32 Å². The lowest BCUT2D eigenvalue weighted by molar-refractivity contribution is -0.115. The van der Waals surface area contributed by atoms with E-state index in [1.54, 1.807) is 6.33 Å². The zero-order chi connectivity index (χ0) is 20.8. The number of carbonyl (C=O) groups is 1. The van der Waals surface area contributed by atoms with E-state index in [0.717, 1.165) is 34.1 Å². The Morgan fingerprint density at radius 2 is 1.73 bits per heavy atom. The van der Waals surface area contributed by atoms with Crippen LogP contribution in [0.3, 0.4) is 0 Å². The maximum Gasteiger partial charge on any atom is 0.242 e.